The largest absolute Gasteiger partial charge is 0.417 e. The third kappa shape index (κ3) is 2.86. The minimum absolute atomic E-state index is 0.0922. The molecule has 22 heavy (non-hydrogen) atoms. The summed E-state index contributed by atoms with van der Waals surface area (Å²) in [6.07, 6.45) is -13.2. The summed E-state index contributed by atoms with van der Waals surface area (Å²) >= 11 is 1.09. The van der Waals surface area contributed by atoms with E-state index in [2.05, 4.69) is 10.3 Å². The number of ether oxygens (including phenoxy) is 1. The van der Waals surface area contributed by atoms with Gasteiger partial charge in [0.25, 0.3) is 0 Å². The van der Waals surface area contributed by atoms with E-state index in [1.807, 2.05) is 0 Å². The number of aliphatic imine (C=N–C) groups is 1. The minimum atomic E-state index is -4.99. The maximum Gasteiger partial charge on any atom is 0.417 e. The molecule has 2 saturated heterocycles. The van der Waals surface area contributed by atoms with E-state index in [9.17, 15) is 27.8 Å². The highest BCUT2D eigenvalue weighted by molar-refractivity contribution is 8.14. The van der Waals surface area contributed by atoms with Crippen LogP contribution in [-0.4, -0.2) is 70.5 Å². The van der Waals surface area contributed by atoms with E-state index >= 15 is 0 Å². The molecule has 3 aliphatic rings. The van der Waals surface area contributed by atoms with Crippen molar-refractivity contribution in [2.24, 2.45) is 10.9 Å². The number of aliphatic hydroxyl groups is 2. The van der Waals surface area contributed by atoms with Crippen molar-refractivity contribution in [3.8, 4) is 0 Å². The number of nitrogens with one attached hydrogen (secondary N) is 1. The fourth-order valence-electron chi connectivity index (χ4n) is 2.89. The Hall–Kier alpha value is -0.420. The highest BCUT2D eigenvalue weighted by Crippen LogP contribution is 2.42. The summed E-state index contributed by atoms with van der Waals surface area (Å²) in [7, 11) is 0. The third-order valence-electron chi connectivity index (χ3n) is 4.13. The lowest BCUT2D eigenvalue weighted by Gasteiger charge is -2.39. The van der Waals surface area contributed by atoms with E-state index in [4.69, 9.17) is 4.74 Å². The lowest BCUT2D eigenvalue weighted by atomic mass is 9.95. The van der Waals surface area contributed by atoms with Crippen LogP contribution in [0.4, 0.5) is 17.6 Å². The number of hydrogen-bond donors (Lipinski definition) is 3. The number of alkyl halides is 4. The molecule has 3 aliphatic heterocycles. The second-order valence-electron chi connectivity index (χ2n) is 5.66. The molecule has 0 aliphatic carbocycles. The maximum atomic E-state index is 14.2. The van der Waals surface area contributed by atoms with Crippen LogP contribution >= 0.6 is 11.8 Å². The van der Waals surface area contributed by atoms with E-state index in [-0.39, 0.29) is 5.92 Å². The van der Waals surface area contributed by atoms with Crippen molar-refractivity contribution < 1.29 is 32.5 Å². The number of aliphatic hydroxyl groups excluding tert-OH is 2. The van der Waals surface area contributed by atoms with Crippen LogP contribution in [0.1, 0.15) is 6.42 Å². The maximum absolute atomic E-state index is 14.2. The van der Waals surface area contributed by atoms with Crippen LogP contribution in [0.15, 0.2) is 4.99 Å². The van der Waals surface area contributed by atoms with Crippen LogP contribution in [-0.2, 0) is 4.74 Å². The molecule has 1 unspecified atom stereocenters. The zero-order chi connectivity index (χ0) is 16.1. The van der Waals surface area contributed by atoms with Gasteiger partial charge in [0.2, 0.25) is 0 Å². The van der Waals surface area contributed by atoms with Crippen molar-refractivity contribution in [1.82, 2.24) is 5.32 Å². The smallest absolute Gasteiger partial charge is 0.387 e. The molecule has 126 valence electrons. The van der Waals surface area contributed by atoms with Gasteiger partial charge in [-0.25, -0.2) is 4.39 Å². The molecule has 0 aromatic rings. The van der Waals surface area contributed by atoms with E-state index in [1.165, 1.54) is 0 Å². The first-order valence-electron chi connectivity index (χ1n) is 6.96. The van der Waals surface area contributed by atoms with Gasteiger partial charge in [0.15, 0.2) is 12.3 Å². The molecule has 0 spiro atoms. The third-order valence-corrected chi connectivity index (χ3v) is 5.43. The molecule has 2 fully saturated rings. The fourth-order valence-corrected chi connectivity index (χ4v) is 4.24. The zero-order valence-electron chi connectivity index (χ0n) is 11.3. The zero-order valence-corrected chi connectivity index (χ0v) is 12.1. The normalized spacial score (nSPS) is 43.8. The number of fused-ring (bicyclic) bond motifs is 1. The van der Waals surface area contributed by atoms with Gasteiger partial charge in [-0.2, -0.15) is 13.2 Å². The van der Waals surface area contributed by atoms with E-state index in [0.29, 0.717) is 11.6 Å². The Morgan fingerprint density at radius 1 is 1.41 bits per heavy atom. The Balaban J connectivity index is 1.74. The molecule has 0 bridgehead atoms. The second kappa shape index (κ2) is 5.90. The summed E-state index contributed by atoms with van der Waals surface area (Å²) in [5.41, 5.74) is -0.948. The van der Waals surface area contributed by atoms with E-state index < -0.39 is 42.1 Å². The molecule has 5 nitrogen and oxygen atoms in total. The van der Waals surface area contributed by atoms with Gasteiger partial charge in [-0.3, -0.25) is 4.99 Å². The fraction of sp³-hybridized carbons (Fsp3) is 0.917. The van der Waals surface area contributed by atoms with Gasteiger partial charge in [-0.1, -0.05) is 11.8 Å². The highest BCUT2D eigenvalue weighted by Gasteiger charge is 2.56. The Morgan fingerprint density at radius 3 is 2.73 bits per heavy atom. The van der Waals surface area contributed by atoms with Crippen LogP contribution in [0.5, 0.6) is 0 Å². The number of thioether (sulfide) groups is 1. The van der Waals surface area contributed by atoms with Crippen molar-refractivity contribution >= 4 is 16.8 Å². The van der Waals surface area contributed by atoms with Gasteiger partial charge in [0, 0.05) is 12.5 Å². The Labute approximate surface area is 128 Å². The number of hydrogen-bond acceptors (Lipinski definition) is 6. The molecule has 3 heterocycles. The van der Waals surface area contributed by atoms with Crippen LogP contribution in [0.25, 0.3) is 0 Å². The molecule has 10 heteroatoms. The average molecular weight is 344 g/mol. The molecule has 0 amide bonds. The number of halogens is 4. The predicted octanol–water partition coefficient (Wildman–Crippen LogP) is 0.457. The summed E-state index contributed by atoms with van der Waals surface area (Å²) in [4.78, 5) is 4.20. The Kier molecular flexibility index (Phi) is 4.41. The first-order valence-corrected chi connectivity index (χ1v) is 7.84. The van der Waals surface area contributed by atoms with Crippen molar-refractivity contribution in [1.29, 1.82) is 0 Å². The van der Waals surface area contributed by atoms with Gasteiger partial charge in [-0.05, 0) is 13.0 Å². The molecule has 0 radical (unpaired) electrons. The Morgan fingerprint density at radius 2 is 2.14 bits per heavy atom. The van der Waals surface area contributed by atoms with Crippen LogP contribution < -0.4 is 5.32 Å². The minimum Gasteiger partial charge on any atom is -0.387 e. The average Bonchev–Trinajstić information content (AvgIpc) is 3.09. The van der Waals surface area contributed by atoms with Gasteiger partial charge in [-0.15, -0.1) is 0 Å². The molecular weight excluding hydrogens is 328 g/mol. The van der Waals surface area contributed by atoms with Gasteiger partial charge < -0.3 is 20.3 Å². The topological polar surface area (TPSA) is 74.1 Å². The molecular formula is C12H16F4N2O3S. The first kappa shape index (κ1) is 16.4. The van der Waals surface area contributed by atoms with Crippen molar-refractivity contribution in [2.45, 2.75) is 48.6 Å². The standard InChI is InChI=1S/C12H16F4N2O3S/c13-5-6-11(22-10(18-6)4-1-2-17-3-4)21-8(7(5)19)9(20)12(14,15)16/h4-9,11,17,19-20H,1-3H2/t4?,5-,6+,7-,8-,9+,11+/m0/s1. The second-order valence-corrected chi connectivity index (χ2v) is 6.77. The summed E-state index contributed by atoms with van der Waals surface area (Å²) in [5.74, 6) is 0.0922. The van der Waals surface area contributed by atoms with Crippen molar-refractivity contribution in [3.05, 3.63) is 0 Å². The van der Waals surface area contributed by atoms with Gasteiger partial charge in [0.1, 0.15) is 23.7 Å². The van der Waals surface area contributed by atoms with E-state index in [1.54, 1.807) is 0 Å². The Bertz CT molecular complexity index is 458. The van der Waals surface area contributed by atoms with Gasteiger partial charge in [0.05, 0.1) is 5.04 Å². The molecule has 0 aromatic heterocycles. The summed E-state index contributed by atoms with van der Waals surface area (Å²) in [6, 6.07) is -1.03. The van der Waals surface area contributed by atoms with E-state index in [0.717, 1.165) is 24.7 Å². The van der Waals surface area contributed by atoms with Crippen molar-refractivity contribution in [3.63, 3.8) is 0 Å². The predicted molar refractivity (Wildman–Crippen MR) is 71.4 cm³/mol. The molecule has 3 N–H and O–H groups in total. The quantitative estimate of drug-likeness (QED) is 0.635. The molecule has 3 rings (SSSR count). The lowest BCUT2D eigenvalue weighted by Crippen LogP contribution is -2.59. The van der Waals surface area contributed by atoms with Crippen LogP contribution in [0.3, 0.4) is 0 Å². The lowest BCUT2D eigenvalue weighted by molar-refractivity contribution is -0.267. The SMILES string of the molecule is O[C@H]1[C@@H](F)[C@H]2N=C(C3CCNC3)S[C@H]2O[C@@H]1[C@@H](O)C(F)(F)F. The number of nitrogens with zero attached hydrogens (tertiary/aromatic N) is 1. The van der Waals surface area contributed by atoms with Crippen LogP contribution in [0, 0.1) is 5.92 Å². The monoisotopic (exact) mass is 344 g/mol. The highest BCUT2D eigenvalue weighted by atomic mass is 32.2. The summed E-state index contributed by atoms with van der Waals surface area (Å²) < 4.78 is 57.2. The van der Waals surface area contributed by atoms with Crippen LogP contribution in [0.2, 0.25) is 0 Å². The molecule has 7 atom stereocenters. The molecule has 0 aromatic carbocycles. The summed E-state index contributed by atoms with van der Waals surface area (Å²) in [5, 5.41) is 22.7. The molecule has 0 saturated carbocycles. The first-order chi connectivity index (χ1) is 10.3. The summed E-state index contributed by atoms with van der Waals surface area (Å²) in [6.45, 7) is 1.48. The van der Waals surface area contributed by atoms with Gasteiger partial charge >= 0.3 is 6.18 Å². The van der Waals surface area contributed by atoms with Crippen molar-refractivity contribution in [2.75, 3.05) is 13.1 Å². The number of rotatable bonds is 2.